The van der Waals surface area contributed by atoms with Crippen LogP contribution < -0.4 is 0 Å². The highest BCUT2D eigenvalue weighted by Gasteiger charge is 2.49. The fraction of sp³-hybridized carbons (Fsp3) is 0.476. The van der Waals surface area contributed by atoms with Gasteiger partial charge in [0.2, 0.25) is 0 Å². The first-order chi connectivity index (χ1) is 13.1. The van der Waals surface area contributed by atoms with Gasteiger partial charge in [-0.25, -0.2) is 9.67 Å². The largest absolute Gasteiger partial charge is 0.391 e. The minimum absolute atomic E-state index is 0.0489. The zero-order valence-corrected chi connectivity index (χ0v) is 16.0. The first-order valence-corrected chi connectivity index (χ1v) is 9.76. The maximum absolute atomic E-state index is 10.2. The zero-order chi connectivity index (χ0) is 18.9. The van der Waals surface area contributed by atoms with Crippen molar-refractivity contribution in [1.29, 1.82) is 0 Å². The molecule has 0 radical (unpaired) electrons. The van der Waals surface area contributed by atoms with Crippen LogP contribution in [0.1, 0.15) is 49.0 Å². The number of benzene rings is 1. The molecule has 4 rings (SSSR count). The molecule has 1 aliphatic rings. The molecule has 0 aliphatic heterocycles. The van der Waals surface area contributed by atoms with Gasteiger partial charge in [0.05, 0.1) is 24.3 Å². The molecule has 0 amide bonds. The first kappa shape index (κ1) is 17.9. The SMILES string of the molecule is CC[C@@H](O)Cn1nc(C2(c3ccccc3)CC2)nc1CCc1cnn(C)c1. The van der Waals surface area contributed by atoms with Crippen molar-refractivity contribution in [2.45, 2.75) is 57.1 Å². The molecule has 2 aromatic heterocycles. The first-order valence-electron chi connectivity index (χ1n) is 9.76. The van der Waals surface area contributed by atoms with Gasteiger partial charge in [0.1, 0.15) is 5.82 Å². The van der Waals surface area contributed by atoms with Gasteiger partial charge in [0.25, 0.3) is 0 Å². The fourth-order valence-corrected chi connectivity index (χ4v) is 3.62. The molecule has 6 heteroatoms. The van der Waals surface area contributed by atoms with E-state index in [9.17, 15) is 5.11 Å². The Labute approximate surface area is 159 Å². The van der Waals surface area contributed by atoms with Crippen molar-refractivity contribution in [2.24, 2.45) is 7.05 Å². The predicted octanol–water partition coefficient (Wildman–Crippen LogP) is 2.65. The summed E-state index contributed by atoms with van der Waals surface area (Å²) in [4.78, 5) is 4.94. The molecule has 0 saturated heterocycles. The van der Waals surface area contributed by atoms with Crippen LogP contribution >= 0.6 is 0 Å². The molecule has 1 atom stereocenters. The van der Waals surface area contributed by atoms with Gasteiger partial charge in [-0.05, 0) is 36.8 Å². The number of hydrogen-bond acceptors (Lipinski definition) is 4. The van der Waals surface area contributed by atoms with Crippen LogP contribution in [0.3, 0.4) is 0 Å². The highest BCUT2D eigenvalue weighted by molar-refractivity contribution is 5.39. The Morgan fingerprint density at radius 2 is 1.96 bits per heavy atom. The molecule has 2 heterocycles. The topological polar surface area (TPSA) is 68.8 Å². The van der Waals surface area contributed by atoms with Crippen LogP contribution in [0.25, 0.3) is 0 Å². The molecule has 3 aromatic rings. The van der Waals surface area contributed by atoms with Gasteiger partial charge < -0.3 is 5.11 Å². The Morgan fingerprint density at radius 3 is 2.59 bits per heavy atom. The average molecular weight is 365 g/mol. The van der Waals surface area contributed by atoms with E-state index < -0.39 is 6.10 Å². The standard InChI is InChI=1S/C21H27N5O/c1-3-18(27)15-26-19(10-9-16-13-22-25(2)14-16)23-20(24-26)21(11-12-21)17-7-5-4-6-8-17/h4-8,13-14,18,27H,3,9-12,15H2,1-2H3/t18-/m1/s1. The second-order valence-electron chi connectivity index (χ2n) is 7.57. The lowest BCUT2D eigenvalue weighted by atomic mass is 9.95. The summed E-state index contributed by atoms with van der Waals surface area (Å²) in [6.45, 7) is 2.49. The van der Waals surface area contributed by atoms with Crippen molar-refractivity contribution in [3.63, 3.8) is 0 Å². The third-order valence-electron chi connectivity index (χ3n) is 5.50. The van der Waals surface area contributed by atoms with E-state index in [1.54, 1.807) is 0 Å². The van der Waals surface area contributed by atoms with E-state index in [2.05, 4.69) is 29.4 Å². The summed E-state index contributed by atoms with van der Waals surface area (Å²) >= 11 is 0. The van der Waals surface area contributed by atoms with E-state index in [1.165, 1.54) is 11.1 Å². The minimum atomic E-state index is -0.399. The van der Waals surface area contributed by atoms with Crippen molar-refractivity contribution >= 4 is 0 Å². The Morgan fingerprint density at radius 1 is 1.19 bits per heavy atom. The molecule has 142 valence electrons. The number of hydrogen-bond donors (Lipinski definition) is 1. The third kappa shape index (κ3) is 3.67. The Balaban J connectivity index is 1.61. The molecule has 0 spiro atoms. The normalized spacial score (nSPS) is 16.4. The van der Waals surface area contributed by atoms with E-state index in [-0.39, 0.29) is 5.41 Å². The van der Waals surface area contributed by atoms with Gasteiger partial charge in [0.15, 0.2) is 5.82 Å². The Hall–Kier alpha value is -2.47. The Kier molecular flexibility index (Phi) is 4.83. The van der Waals surface area contributed by atoms with Gasteiger partial charge in [-0.3, -0.25) is 4.68 Å². The lowest BCUT2D eigenvalue weighted by Crippen LogP contribution is -2.19. The van der Waals surface area contributed by atoms with Crippen LogP contribution in [0.5, 0.6) is 0 Å². The second-order valence-corrected chi connectivity index (χ2v) is 7.57. The molecular weight excluding hydrogens is 338 g/mol. The summed E-state index contributed by atoms with van der Waals surface area (Å²) in [6.07, 6.45) is 8.07. The van der Waals surface area contributed by atoms with Crippen LogP contribution in [0, 0.1) is 0 Å². The van der Waals surface area contributed by atoms with Crippen LogP contribution in [-0.4, -0.2) is 35.8 Å². The lowest BCUT2D eigenvalue weighted by molar-refractivity contribution is 0.143. The smallest absolute Gasteiger partial charge is 0.161 e. The summed E-state index contributed by atoms with van der Waals surface area (Å²) in [5.74, 6) is 1.85. The van der Waals surface area contributed by atoms with Gasteiger partial charge >= 0.3 is 0 Å². The van der Waals surface area contributed by atoms with Crippen LogP contribution in [0.4, 0.5) is 0 Å². The van der Waals surface area contributed by atoms with Gasteiger partial charge in [-0.2, -0.15) is 10.2 Å². The summed E-state index contributed by atoms with van der Waals surface area (Å²) < 4.78 is 3.74. The quantitative estimate of drug-likeness (QED) is 0.666. The van der Waals surface area contributed by atoms with Crippen molar-refractivity contribution in [2.75, 3.05) is 0 Å². The molecule has 0 unspecified atom stereocenters. The van der Waals surface area contributed by atoms with E-state index in [0.717, 1.165) is 37.3 Å². The summed E-state index contributed by atoms with van der Waals surface area (Å²) in [6, 6.07) is 10.5. The lowest BCUT2D eigenvalue weighted by Gasteiger charge is -2.11. The molecular formula is C21H27N5O. The van der Waals surface area contributed by atoms with Crippen molar-refractivity contribution < 1.29 is 5.11 Å². The zero-order valence-electron chi connectivity index (χ0n) is 16.0. The minimum Gasteiger partial charge on any atom is -0.391 e. The summed E-state index contributed by atoms with van der Waals surface area (Å²) in [7, 11) is 1.93. The Bertz CT molecular complexity index is 894. The molecule has 1 N–H and O–H groups in total. The maximum Gasteiger partial charge on any atom is 0.161 e. The molecule has 6 nitrogen and oxygen atoms in total. The maximum atomic E-state index is 10.2. The fourth-order valence-electron chi connectivity index (χ4n) is 3.62. The average Bonchev–Trinajstić information content (AvgIpc) is 3.25. The summed E-state index contributed by atoms with van der Waals surface area (Å²) in [5, 5.41) is 19.3. The highest BCUT2D eigenvalue weighted by atomic mass is 16.3. The number of aliphatic hydroxyl groups is 1. The highest BCUT2D eigenvalue weighted by Crippen LogP contribution is 2.52. The van der Waals surface area contributed by atoms with Crippen LogP contribution in [0.2, 0.25) is 0 Å². The molecule has 1 aliphatic carbocycles. The second kappa shape index (κ2) is 7.27. The number of aliphatic hydroxyl groups excluding tert-OH is 1. The molecule has 1 saturated carbocycles. The number of aromatic nitrogens is 5. The number of aryl methyl sites for hydroxylation is 3. The van der Waals surface area contributed by atoms with Crippen molar-refractivity contribution in [3.8, 4) is 0 Å². The third-order valence-corrected chi connectivity index (χ3v) is 5.50. The van der Waals surface area contributed by atoms with Crippen LogP contribution in [-0.2, 0) is 31.8 Å². The molecule has 0 bridgehead atoms. The van der Waals surface area contributed by atoms with E-state index >= 15 is 0 Å². The van der Waals surface area contributed by atoms with Gasteiger partial charge in [-0.15, -0.1) is 0 Å². The van der Waals surface area contributed by atoms with Crippen molar-refractivity contribution in [3.05, 3.63) is 65.5 Å². The molecule has 1 fully saturated rings. The number of nitrogens with zero attached hydrogens (tertiary/aromatic N) is 5. The van der Waals surface area contributed by atoms with Gasteiger partial charge in [0, 0.05) is 19.7 Å². The molecule has 27 heavy (non-hydrogen) atoms. The molecule has 1 aromatic carbocycles. The van der Waals surface area contributed by atoms with E-state index in [1.807, 2.05) is 41.8 Å². The van der Waals surface area contributed by atoms with Gasteiger partial charge in [-0.1, -0.05) is 37.3 Å². The number of rotatable bonds is 8. The monoisotopic (exact) mass is 365 g/mol. The van der Waals surface area contributed by atoms with Crippen molar-refractivity contribution in [1.82, 2.24) is 24.5 Å². The van der Waals surface area contributed by atoms with Crippen LogP contribution in [0.15, 0.2) is 42.7 Å². The van der Waals surface area contributed by atoms with E-state index in [0.29, 0.717) is 13.0 Å². The van der Waals surface area contributed by atoms with E-state index in [4.69, 9.17) is 10.1 Å². The predicted molar refractivity (Wildman–Crippen MR) is 103 cm³/mol. The summed E-state index contributed by atoms with van der Waals surface area (Å²) in [5.41, 5.74) is 2.43.